The van der Waals surface area contributed by atoms with Crippen molar-refractivity contribution in [2.45, 2.75) is 37.8 Å². The summed E-state index contributed by atoms with van der Waals surface area (Å²) in [6, 6.07) is 11.0. The van der Waals surface area contributed by atoms with Crippen molar-refractivity contribution in [1.29, 1.82) is 0 Å². The molecule has 73 valence electrons. The van der Waals surface area contributed by atoms with Gasteiger partial charge in [-0.1, -0.05) is 58.2 Å². The topological polar surface area (TPSA) is 0 Å². The zero-order chi connectivity index (χ0) is 8.93. The lowest BCUT2D eigenvalue weighted by atomic mass is 10.0. The Kier molecular flexibility index (Phi) is 5.26. The maximum atomic E-state index is 2.27. The van der Waals surface area contributed by atoms with Crippen molar-refractivity contribution in [1.82, 2.24) is 0 Å². The van der Waals surface area contributed by atoms with Gasteiger partial charge in [-0.05, 0) is 23.8 Å². The van der Waals surface area contributed by atoms with E-state index in [0.717, 1.165) is 14.2 Å². The molecule has 0 heterocycles. The minimum absolute atomic E-state index is 0. The predicted molar refractivity (Wildman–Crippen MR) is 67.0 cm³/mol. The first-order chi connectivity index (χ1) is 6.45. The second-order valence-corrected chi connectivity index (χ2v) is 5.53. The van der Waals surface area contributed by atoms with E-state index < -0.39 is 0 Å². The molecule has 0 saturated heterocycles. The Morgan fingerprint density at radius 3 is 2.21 bits per heavy atom. The highest BCUT2D eigenvalue weighted by atomic mass is 31.1. The fourth-order valence-corrected chi connectivity index (χ4v) is 3.57. The molecule has 14 heavy (non-hydrogen) atoms. The summed E-state index contributed by atoms with van der Waals surface area (Å²) in [6.07, 6.45) is 7.32. The first-order valence-electron chi connectivity index (χ1n) is 5.27. The van der Waals surface area contributed by atoms with Crippen molar-refractivity contribution in [2.75, 3.05) is 0 Å². The largest absolute Gasteiger partial charge is 0.0872 e. The van der Waals surface area contributed by atoms with E-state index in [1.54, 1.807) is 5.30 Å². The van der Waals surface area contributed by atoms with Crippen molar-refractivity contribution in [3.05, 3.63) is 30.3 Å². The lowest BCUT2D eigenvalue weighted by molar-refractivity contribution is 0.514. The number of hydrogen-bond acceptors (Lipinski definition) is 0. The lowest BCUT2D eigenvalue weighted by Gasteiger charge is -2.21. The Balaban J connectivity index is 0.000000980. The van der Waals surface area contributed by atoms with Crippen LogP contribution in [0.5, 0.6) is 0 Å². The highest BCUT2D eigenvalue weighted by Crippen LogP contribution is 2.31. The van der Waals surface area contributed by atoms with Gasteiger partial charge in [0.05, 0.1) is 0 Å². The smallest absolute Gasteiger partial charge is 0 e. The summed E-state index contributed by atoms with van der Waals surface area (Å²) in [5.74, 6) is 0. The first kappa shape index (κ1) is 11.8. The average Bonchev–Trinajstić information content (AvgIpc) is 2.21. The maximum absolute atomic E-state index is 2.27. The zero-order valence-electron chi connectivity index (χ0n) is 8.58. The molecule has 3 radical (unpaired) electrons. The van der Waals surface area contributed by atoms with Gasteiger partial charge in [-0.3, -0.25) is 0 Å². The van der Waals surface area contributed by atoms with E-state index >= 15 is 0 Å². The van der Waals surface area contributed by atoms with Crippen molar-refractivity contribution in [3.8, 4) is 0 Å². The van der Waals surface area contributed by atoms with Gasteiger partial charge in [0.1, 0.15) is 0 Å². The van der Waals surface area contributed by atoms with Crippen LogP contribution in [0.2, 0.25) is 0 Å². The van der Waals surface area contributed by atoms with Crippen LogP contribution in [0.4, 0.5) is 0 Å². The standard InChI is InChI=1S/C12H17P.B/c1-3-7-11(8-4-1)13-12-9-5-2-6-10-12;/h1,3-4,7-8,12-13H,2,5-6,9-10H2;. The van der Waals surface area contributed by atoms with Gasteiger partial charge in [0, 0.05) is 8.41 Å². The zero-order valence-corrected chi connectivity index (χ0v) is 9.58. The molecule has 0 N–H and O–H groups in total. The molecule has 0 spiro atoms. The highest BCUT2D eigenvalue weighted by Gasteiger charge is 2.13. The third-order valence-corrected chi connectivity index (χ3v) is 4.40. The molecule has 1 unspecified atom stereocenters. The number of hydrogen-bond donors (Lipinski definition) is 0. The van der Waals surface area contributed by atoms with E-state index in [-0.39, 0.29) is 8.41 Å². The SMILES string of the molecule is [B].c1ccc(PC2CCCCC2)cc1. The van der Waals surface area contributed by atoms with E-state index in [4.69, 9.17) is 0 Å². The molecule has 1 atom stereocenters. The van der Waals surface area contributed by atoms with Crippen LogP contribution in [0.25, 0.3) is 0 Å². The van der Waals surface area contributed by atoms with E-state index in [0.29, 0.717) is 0 Å². The molecular weight excluding hydrogens is 186 g/mol. The molecule has 0 amide bonds. The normalized spacial score (nSPS) is 18.3. The lowest BCUT2D eigenvalue weighted by Crippen LogP contribution is -2.10. The summed E-state index contributed by atoms with van der Waals surface area (Å²) in [7, 11) is 1.05. The van der Waals surface area contributed by atoms with Gasteiger partial charge in [-0.25, -0.2) is 0 Å². The molecule has 1 aliphatic rings. The van der Waals surface area contributed by atoms with Crippen LogP contribution < -0.4 is 5.30 Å². The number of rotatable bonds is 2. The molecule has 0 bridgehead atoms. The third-order valence-electron chi connectivity index (χ3n) is 2.75. The van der Waals surface area contributed by atoms with Gasteiger partial charge in [-0.2, -0.15) is 0 Å². The fraction of sp³-hybridized carbons (Fsp3) is 0.500. The molecular formula is C12H17BP. The second kappa shape index (κ2) is 6.25. The van der Waals surface area contributed by atoms with Gasteiger partial charge in [0.25, 0.3) is 0 Å². The summed E-state index contributed by atoms with van der Waals surface area (Å²) in [4.78, 5) is 0. The Morgan fingerprint density at radius 2 is 1.57 bits per heavy atom. The average molecular weight is 203 g/mol. The van der Waals surface area contributed by atoms with Crippen LogP contribution in [0, 0.1) is 0 Å². The van der Waals surface area contributed by atoms with Crippen molar-refractivity contribution in [3.63, 3.8) is 0 Å². The van der Waals surface area contributed by atoms with E-state index in [1.807, 2.05) is 0 Å². The number of benzene rings is 1. The van der Waals surface area contributed by atoms with Crippen LogP contribution >= 0.6 is 8.58 Å². The second-order valence-electron chi connectivity index (χ2n) is 3.85. The minimum Gasteiger partial charge on any atom is -0.0872 e. The van der Waals surface area contributed by atoms with Crippen LogP contribution in [0.3, 0.4) is 0 Å². The molecule has 1 aliphatic carbocycles. The van der Waals surface area contributed by atoms with Gasteiger partial charge in [-0.15, -0.1) is 0 Å². The Morgan fingerprint density at radius 1 is 0.929 bits per heavy atom. The molecule has 1 aromatic carbocycles. The van der Waals surface area contributed by atoms with Crippen molar-refractivity contribution >= 4 is 22.3 Å². The van der Waals surface area contributed by atoms with E-state index in [9.17, 15) is 0 Å². The minimum atomic E-state index is 0. The van der Waals surface area contributed by atoms with Crippen LogP contribution in [0.15, 0.2) is 30.3 Å². The molecule has 1 fully saturated rings. The molecule has 0 aromatic heterocycles. The van der Waals surface area contributed by atoms with E-state index in [2.05, 4.69) is 30.3 Å². The summed E-state index contributed by atoms with van der Waals surface area (Å²) in [6.45, 7) is 0. The van der Waals surface area contributed by atoms with Crippen LogP contribution in [0.1, 0.15) is 32.1 Å². The highest BCUT2D eigenvalue weighted by molar-refractivity contribution is 7.48. The summed E-state index contributed by atoms with van der Waals surface area (Å²) in [5, 5.41) is 1.55. The van der Waals surface area contributed by atoms with Gasteiger partial charge in [0.15, 0.2) is 0 Å². The van der Waals surface area contributed by atoms with Crippen LogP contribution in [-0.2, 0) is 0 Å². The fourth-order valence-electron chi connectivity index (χ4n) is 2.02. The quantitative estimate of drug-likeness (QED) is 0.512. The van der Waals surface area contributed by atoms with Gasteiger partial charge >= 0.3 is 0 Å². The molecule has 2 rings (SSSR count). The Hall–Kier alpha value is -0.285. The summed E-state index contributed by atoms with van der Waals surface area (Å²) >= 11 is 0. The monoisotopic (exact) mass is 203 g/mol. The summed E-state index contributed by atoms with van der Waals surface area (Å²) < 4.78 is 0. The maximum Gasteiger partial charge on any atom is 0 e. The Labute approximate surface area is 90.9 Å². The summed E-state index contributed by atoms with van der Waals surface area (Å²) in [5.41, 5.74) is 0.996. The van der Waals surface area contributed by atoms with Gasteiger partial charge in [0.2, 0.25) is 0 Å². The van der Waals surface area contributed by atoms with Gasteiger partial charge < -0.3 is 0 Å². The molecule has 0 aliphatic heterocycles. The van der Waals surface area contributed by atoms with Crippen molar-refractivity contribution < 1.29 is 0 Å². The third kappa shape index (κ3) is 3.46. The molecule has 2 heteroatoms. The Bertz CT molecular complexity index is 242. The van der Waals surface area contributed by atoms with Crippen molar-refractivity contribution in [2.24, 2.45) is 0 Å². The first-order valence-corrected chi connectivity index (χ1v) is 6.34. The predicted octanol–water partition coefficient (Wildman–Crippen LogP) is 2.94. The molecule has 1 aromatic rings. The van der Waals surface area contributed by atoms with Crippen LogP contribution in [-0.4, -0.2) is 14.1 Å². The molecule has 0 nitrogen and oxygen atoms in total. The van der Waals surface area contributed by atoms with E-state index in [1.165, 1.54) is 32.1 Å². The molecule has 1 saturated carbocycles.